The summed E-state index contributed by atoms with van der Waals surface area (Å²) in [5, 5.41) is 21.6. The summed E-state index contributed by atoms with van der Waals surface area (Å²) in [6.07, 6.45) is 9.93. The number of carboxylic acids is 1. The number of nitrogens with zero attached hydrogens (tertiary/aromatic N) is 2. The molecule has 4 bridgehead atoms. The van der Waals surface area contributed by atoms with E-state index in [4.69, 9.17) is 0 Å². The molecule has 0 saturated heterocycles. The van der Waals surface area contributed by atoms with Crippen LogP contribution in [0.5, 0.6) is 0 Å². The van der Waals surface area contributed by atoms with Crippen molar-refractivity contribution in [3.63, 3.8) is 0 Å². The molecule has 0 radical (unpaired) electrons. The van der Waals surface area contributed by atoms with E-state index < -0.39 is 11.9 Å². The van der Waals surface area contributed by atoms with Gasteiger partial charge in [0.15, 0.2) is 0 Å². The van der Waals surface area contributed by atoms with Gasteiger partial charge in [-0.15, -0.1) is 0 Å². The Morgan fingerprint density at radius 1 is 1.00 bits per heavy atom. The van der Waals surface area contributed by atoms with E-state index >= 15 is 0 Å². The summed E-state index contributed by atoms with van der Waals surface area (Å²) >= 11 is 0. The molecule has 1 amide bonds. The summed E-state index contributed by atoms with van der Waals surface area (Å²) in [7, 11) is 0. The van der Waals surface area contributed by atoms with Crippen molar-refractivity contribution in [1.29, 1.82) is 5.26 Å². The smallest absolute Gasteiger partial charge is 0.335 e. The fraction of sp³-hybridized carbons (Fsp3) is 0.364. The largest absolute Gasteiger partial charge is 0.478 e. The predicted octanol–water partition coefficient (Wildman–Crippen LogP) is 6.81. The lowest BCUT2D eigenvalue weighted by molar-refractivity contribution is -0.112. The maximum Gasteiger partial charge on any atom is 0.335 e. The maximum atomic E-state index is 12.8. The van der Waals surface area contributed by atoms with Crippen LogP contribution in [0.1, 0.15) is 71.4 Å². The van der Waals surface area contributed by atoms with E-state index in [2.05, 4.69) is 34.1 Å². The average molecular weight is 520 g/mol. The van der Waals surface area contributed by atoms with Crippen molar-refractivity contribution in [2.24, 2.45) is 17.8 Å². The SMILES string of the molecule is Cc1cc(/C=C(/C#N)C(=O)Nc2cccc(C(=O)O)c2)c(C)n1-c1ccc(C23CC4CC(CC(C4)C2)C3)cc1. The van der Waals surface area contributed by atoms with Crippen molar-refractivity contribution in [3.8, 4) is 11.8 Å². The Labute approximate surface area is 229 Å². The fourth-order valence-electron chi connectivity index (χ4n) is 7.99. The number of nitriles is 1. The molecule has 4 fully saturated rings. The lowest BCUT2D eigenvalue weighted by Gasteiger charge is -2.57. The van der Waals surface area contributed by atoms with Crippen molar-refractivity contribution in [1.82, 2.24) is 4.57 Å². The molecule has 4 aliphatic rings. The number of carbonyl (C=O) groups excluding carboxylic acids is 1. The van der Waals surface area contributed by atoms with Gasteiger partial charge in [0, 0.05) is 22.8 Å². The van der Waals surface area contributed by atoms with Crippen LogP contribution >= 0.6 is 0 Å². The molecule has 198 valence electrons. The molecule has 1 heterocycles. The number of nitrogens with one attached hydrogen (secondary N) is 1. The van der Waals surface area contributed by atoms with Gasteiger partial charge in [-0.05, 0) is 129 Å². The van der Waals surface area contributed by atoms with Crippen molar-refractivity contribution < 1.29 is 14.7 Å². The lowest BCUT2D eigenvalue weighted by Crippen LogP contribution is -2.48. The number of aromatic nitrogens is 1. The van der Waals surface area contributed by atoms with Gasteiger partial charge in [-0.1, -0.05) is 18.2 Å². The fourth-order valence-corrected chi connectivity index (χ4v) is 7.99. The van der Waals surface area contributed by atoms with Crippen LogP contribution in [0, 0.1) is 42.9 Å². The zero-order valence-corrected chi connectivity index (χ0v) is 22.4. The number of aromatic carboxylic acids is 1. The van der Waals surface area contributed by atoms with Crippen molar-refractivity contribution >= 4 is 23.6 Å². The summed E-state index contributed by atoms with van der Waals surface area (Å²) in [5.41, 5.74) is 6.03. The Morgan fingerprint density at radius 3 is 2.23 bits per heavy atom. The second-order valence-electron chi connectivity index (χ2n) is 11.9. The molecule has 39 heavy (non-hydrogen) atoms. The van der Waals surface area contributed by atoms with E-state index in [9.17, 15) is 20.0 Å². The van der Waals surface area contributed by atoms with Gasteiger partial charge in [0.2, 0.25) is 0 Å². The summed E-state index contributed by atoms with van der Waals surface area (Å²) in [5.74, 6) is 1.07. The third kappa shape index (κ3) is 4.57. The summed E-state index contributed by atoms with van der Waals surface area (Å²) < 4.78 is 2.17. The van der Waals surface area contributed by atoms with Crippen LogP contribution in [-0.2, 0) is 10.2 Å². The molecule has 2 N–H and O–H groups in total. The Bertz CT molecular complexity index is 1500. The molecular formula is C33H33N3O3. The first-order valence-electron chi connectivity index (χ1n) is 13.8. The van der Waals surface area contributed by atoms with Crippen LogP contribution in [0.4, 0.5) is 5.69 Å². The zero-order valence-electron chi connectivity index (χ0n) is 22.4. The Hall–Kier alpha value is -4.11. The molecule has 1 aromatic heterocycles. The minimum atomic E-state index is -1.08. The van der Waals surface area contributed by atoms with E-state index in [1.54, 1.807) is 18.2 Å². The molecule has 0 atom stereocenters. The highest BCUT2D eigenvalue weighted by atomic mass is 16.4. The summed E-state index contributed by atoms with van der Waals surface area (Å²) in [6, 6.07) is 19.0. The molecule has 0 unspecified atom stereocenters. The van der Waals surface area contributed by atoms with Gasteiger partial charge in [0.05, 0.1) is 5.56 Å². The number of hydrogen-bond acceptors (Lipinski definition) is 3. The molecule has 0 spiro atoms. The Balaban J connectivity index is 1.24. The lowest BCUT2D eigenvalue weighted by atomic mass is 9.48. The number of rotatable bonds is 6. The van der Waals surface area contributed by atoms with Crippen LogP contribution in [0.25, 0.3) is 11.8 Å². The van der Waals surface area contributed by atoms with Crippen LogP contribution in [0.2, 0.25) is 0 Å². The quantitative estimate of drug-likeness (QED) is 0.276. The number of benzene rings is 2. The van der Waals surface area contributed by atoms with E-state index in [0.29, 0.717) is 11.1 Å². The first-order valence-corrected chi connectivity index (χ1v) is 13.8. The molecule has 6 nitrogen and oxygen atoms in total. The van der Waals surface area contributed by atoms with Crippen LogP contribution in [-0.4, -0.2) is 21.6 Å². The Morgan fingerprint density at radius 2 is 1.64 bits per heavy atom. The van der Waals surface area contributed by atoms with Gasteiger partial charge in [-0.25, -0.2) is 4.79 Å². The minimum absolute atomic E-state index is 0.0480. The van der Waals surface area contributed by atoms with Crippen LogP contribution < -0.4 is 5.32 Å². The van der Waals surface area contributed by atoms with Gasteiger partial charge in [-0.3, -0.25) is 4.79 Å². The van der Waals surface area contributed by atoms with Gasteiger partial charge >= 0.3 is 5.97 Å². The first-order chi connectivity index (χ1) is 18.7. The molecule has 3 aromatic rings. The molecule has 4 saturated carbocycles. The standard InChI is InChI=1S/C33H33N3O3/c1-20-10-26(14-27(19-34)31(37)35-29-5-3-4-25(15-29)32(38)39)21(2)36(20)30-8-6-28(7-9-30)33-16-22-11-23(17-33)13-24(12-22)18-33/h3-10,14-15,22-24H,11-13,16-18H2,1-2H3,(H,35,37)(H,38,39)/b27-14-. The minimum Gasteiger partial charge on any atom is -0.478 e. The highest BCUT2D eigenvalue weighted by Gasteiger charge is 2.51. The normalized spacial score (nSPS) is 25.4. The molecule has 0 aliphatic heterocycles. The van der Waals surface area contributed by atoms with E-state index in [-0.39, 0.29) is 11.1 Å². The highest BCUT2D eigenvalue weighted by Crippen LogP contribution is 2.60. The Kier molecular flexibility index (Phi) is 6.18. The number of amides is 1. The van der Waals surface area contributed by atoms with Gasteiger partial charge < -0.3 is 15.0 Å². The third-order valence-electron chi connectivity index (χ3n) is 9.28. The van der Waals surface area contributed by atoms with E-state index in [1.165, 1.54) is 56.2 Å². The second kappa shape index (κ2) is 9.57. The summed E-state index contributed by atoms with van der Waals surface area (Å²) in [6.45, 7) is 4.02. The van der Waals surface area contributed by atoms with Gasteiger partial charge in [0.25, 0.3) is 5.91 Å². The van der Waals surface area contributed by atoms with Gasteiger partial charge in [-0.2, -0.15) is 5.26 Å². The highest BCUT2D eigenvalue weighted by molar-refractivity contribution is 6.10. The topological polar surface area (TPSA) is 95.1 Å². The second-order valence-corrected chi connectivity index (χ2v) is 11.9. The van der Waals surface area contributed by atoms with Crippen molar-refractivity contribution in [2.75, 3.05) is 5.32 Å². The van der Waals surface area contributed by atoms with Crippen molar-refractivity contribution in [3.05, 3.63) is 88.2 Å². The van der Waals surface area contributed by atoms with E-state index in [0.717, 1.165) is 40.4 Å². The van der Waals surface area contributed by atoms with Gasteiger partial charge in [0.1, 0.15) is 11.6 Å². The predicted molar refractivity (Wildman–Crippen MR) is 151 cm³/mol. The number of anilines is 1. The average Bonchev–Trinajstić information content (AvgIpc) is 3.18. The molecular weight excluding hydrogens is 486 g/mol. The monoisotopic (exact) mass is 519 g/mol. The number of carboxylic acid groups (broad SMARTS) is 1. The molecule has 6 heteroatoms. The third-order valence-corrected chi connectivity index (χ3v) is 9.28. The molecule has 7 rings (SSSR count). The first kappa shape index (κ1) is 25.2. The van der Waals surface area contributed by atoms with Crippen LogP contribution in [0.3, 0.4) is 0 Å². The van der Waals surface area contributed by atoms with Crippen LogP contribution in [0.15, 0.2) is 60.2 Å². The number of carbonyl (C=O) groups is 2. The molecule has 4 aliphatic carbocycles. The number of hydrogen-bond donors (Lipinski definition) is 2. The number of aryl methyl sites for hydroxylation is 1. The van der Waals surface area contributed by atoms with E-state index in [1.807, 2.05) is 26.0 Å². The zero-order chi connectivity index (χ0) is 27.3. The molecule has 2 aromatic carbocycles. The van der Waals surface area contributed by atoms with Crippen molar-refractivity contribution in [2.45, 2.75) is 57.8 Å². The summed E-state index contributed by atoms with van der Waals surface area (Å²) in [4.78, 5) is 24.1. The maximum absolute atomic E-state index is 12.8.